The molecule has 0 spiro atoms. The quantitative estimate of drug-likeness (QED) is 0.364. The molecule has 0 unspecified atom stereocenters. The average Bonchev–Trinajstić information content (AvgIpc) is 2.19. The van der Waals surface area contributed by atoms with Crippen molar-refractivity contribution >= 4 is 21.8 Å². The lowest BCUT2D eigenvalue weighted by Crippen LogP contribution is -1.93. The van der Waals surface area contributed by atoms with E-state index in [2.05, 4.69) is 16.7 Å². The van der Waals surface area contributed by atoms with Gasteiger partial charge < -0.3 is 4.72 Å². The van der Waals surface area contributed by atoms with Crippen molar-refractivity contribution < 1.29 is 0 Å². The lowest BCUT2D eigenvalue weighted by atomic mass is 10.3. The molecule has 3 heteroatoms. The van der Waals surface area contributed by atoms with Gasteiger partial charge in [-0.3, -0.25) is 0 Å². The van der Waals surface area contributed by atoms with Gasteiger partial charge >= 0.3 is 0 Å². The fourth-order valence-corrected chi connectivity index (χ4v) is 2.08. The molecule has 0 bridgehead atoms. The molecule has 1 nitrogen and oxygen atoms in total. The standard InChI is InChI=1S/C5H7NS2/c1-2-3-5-4-7-8-6-5/h2,4,6H,1,3H2. The van der Waals surface area contributed by atoms with Crippen molar-refractivity contribution in [2.45, 2.75) is 6.42 Å². The van der Waals surface area contributed by atoms with Crippen molar-refractivity contribution in [3.8, 4) is 0 Å². The van der Waals surface area contributed by atoms with Gasteiger partial charge in [-0.2, -0.15) is 0 Å². The van der Waals surface area contributed by atoms with Gasteiger partial charge in [-0.1, -0.05) is 6.08 Å². The van der Waals surface area contributed by atoms with Crippen LogP contribution in [0.4, 0.5) is 0 Å². The highest BCUT2D eigenvalue weighted by Gasteiger charge is 2.00. The van der Waals surface area contributed by atoms with Gasteiger partial charge in [0.05, 0.1) is 0 Å². The van der Waals surface area contributed by atoms with E-state index in [9.17, 15) is 0 Å². The Kier molecular flexibility index (Phi) is 2.36. The Hall–Kier alpha value is -0.0200. The first kappa shape index (κ1) is 6.11. The molecular formula is C5H7NS2. The number of hydrogen-bond donors (Lipinski definition) is 1. The summed E-state index contributed by atoms with van der Waals surface area (Å²) in [4.78, 5) is 0. The van der Waals surface area contributed by atoms with Crippen LogP contribution in [-0.4, -0.2) is 0 Å². The molecule has 0 saturated carbocycles. The van der Waals surface area contributed by atoms with Crippen LogP contribution in [-0.2, 0) is 0 Å². The zero-order valence-corrected chi connectivity index (χ0v) is 6.02. The van der Waals surface area contributed by atoms with Crippen LogP contribution >= 0.6 is 21.8 Å². The van der Waals surface area contributed by atoms with Gasteiger partial charge in [-0.25, -0.2) is 0 Å². The van der Waals surface area contributed by atoms with Crippen molar-refractivity contribution in [1.82, 2.24) is 4.72 Å². The predicted octanol–water partition coefficient (Wildman–Crippen LogP) is 2.30. The highest BCUT2D eigenvalue weighted by Crippen LogP contribution is 2.29. The number of nitrogens with one attached hydrogen (secondary N) is 1. The summed E-state index contributed by atoms with van der Waals surface area (Å²) in [6.45, 7) is 3.62. The minimum atomic E-state index is 0.958. The minimum Gasteiger partial charge on any atom is -0.323 e. The van der Waals surface area contributed by atoms with Crippen molar-refractivity contribution in [2.24, 2.45) is 0 Å². The molecule has 0 fully saturated rings. The molecule has 44 valence electrons. The maximum Gasteiger partial charge on any atom is 0.0328 e. The first-order chi connectivity index (χ1) is 3.93. The van der Waals surface area contributed by atoms with E-state index in [0.717, 1.165) is 6.42 Å². The predicted molar refractivity (Wildman–Crippen MR) is 41.2 cm³/mol. The summed E-state index contributed by atoms with van der Waals surface area (Å²) in [5.74, 6) is 0. The normalized spacial score (nSPS) is 17.2. The van der Waals surface area contributed by atoms with Crippen LogP contribution in [0.15, 0.2) is 23.8 Å². The molecular weight excluding hydrogens is 138 g/mol. The van der Waals surface area contributed by atoms with Crippen LogP contribution in [0, 0.1) is 0 Å². The summed E-state index contributed by atoms with van der Waals surface area (Å²) in [6, 6.07) is 0. The Bertz CT molecular complexity index is 120. The van der Waals surface area contributed by atoms with Crippen molar-refractivity contribution in [3.05, 3.63) is 23.8 Å². The fourth-order valence-electron chi connectivity index (χ4n) is 0.429. The topological polar surface area (TPSA) is 12.0 Å². The molecule has 1 heterocycles. The Morgan fingerprint density at radius 3 is 3.25 bits per heavy atom. The molecule has 0 aromatic rings. The van der Waals surface area contributed by atoms with Gasteiger partial charge in [0.2, 0.25) is 0 Å². The van der Waals surface area contributed by atoms with Gasteiger partial charge in [0, 0.05) is 28.5 Å². The van der Waals surface area contributed by atoms with E-state index in [1.54, 1.807) is 21.8 Å². The highest BCUT2D eigenvalue weighted by molar-refractivity contribution is 8.77. The van der Waals surface area contributed by atoms with Gasteiger partial charge in [-0.05, 0) is 10.8 Å². The molecule has 1 rings (SSSR count). The maximum atomic E-state index is 3.62. The lowest BCUT2D eigenvalue weighted by Gasteiger charge is -1.93. The Morgan fingerprint density at radius 2 is 2.75 bits per heavy atom. The average molecular weight is 145 g/mol. The van der Waals surface area contributed by atoms with Crippen LogP contribution in [0.25, 0.3) is 0 Å². The summed E-state index contributed by atoms with van der Waals surface area (Å²) < 4.78 is 3.13. The van der Waals surface area contributed by atoms with Gasteiger partial charge in [0.25, 0.3) is 0 Å². The zero-order chi connectivity index (χ0) is 5.82. The molecule has 1 aliphatic heterocycles. The smallest absolute Gasteiger partial charge is 0.0328 e. The summed E-state index contributed by atoms with van der Waals surface area (Å²) >= 11 is 0. The van der Waals surface area contributed by atoms with Crippen LogP contribution in [0.1, 0.15) is 6.42 Å². The van der Waals surface area contributed by atoms with E-state index in [0.29, 0.717) is 0 Å². The number of allylic oxidation sites excluding steroid dienone is 1. The second kappa shape index (κ2) is 3.10. The highest BCUT2D eigenvalue weighted by atomic mass is 33.1. The van der Waals surface area contributed by atoms with Crippen LogP contribution in [0.2, 0.25) is 0 Å². The molecule has 1 aliphatic rings. The Labute approximate surface area is 57.1 Å². The second-order valence-corrected chi connectivity index (χ2v) is 3.29. The van der Waals surface area contributed by atoms with Gasteiger partial charge in [0.15, 0.2) is 0 Å². The molecule has 0 atom stereocenters. The van der Waals surface area contributed by atoms with Crippen LogP contribution < -0.4 is 4.72 Å². The third-order valence-corrected chi connectivity index (χ3v) is 2.43. The summed E-state index contributed by atoms with van der Waals surface area (Å²) in [6.07, 6.45) is 2.85. The van der Waals surface area contributed by atoms with Crippen molar-refractivity contribution in [1.29, 1.82) is 0 Å². The number of hydrogen-bond acceptors (Lipinski definition) is 3. The lowest BCUT2D eigenvalue weighted by molar-refractivity contribution is 1.12. The molecule has 1 N–H and O–H groups in total. The van der Waals surface area contributed by atoms with Crippen LogP contribution in [0.5, 0.6) is 0 Å². The minimum absolute atomic E-state index is 0.958. The third kappa shape index (κ3) is 1.49. The molecule has 0 saturated heterocycles. The molecule has 0 radical (unpaired) electrons. The Morgan fingerprint density at radius 1 is 1.88 bits per heavy atom. The molecule has 0 amide bonds. The van der Waals surface area contributed by atoms with E-state index < -0.39 is 0 Å². The van der Waals surface area contributed by atoms with Gasteiger partial charge in [-0.15, -0.1) is 6.58 Å². The fraction of sp³-hybridized carbons (Fsp3) is 0.200. The SMILES string of the molecule is C=CCC1=CSSN1. The molecule has 8 heavy (non-hydrogen) atoms. The first-order valence-electron chi connectivity index (χ1n) is 2.32. The van der Waals surface area contributed by atoms with Gasteiger partial charge in [0.1, 0.15) is 0 Å². The zero-order valence-electron chi connectivity index (χ0n) is 4.39. The van der Waals surface area contributed by atoms with E-state index in [4.69, 9.17) is 0 Å². The number of rotatable bonds is 2. The molecule has 0 aromatic carbocycles. The van der Waals surface area contributed by atoms with Crippen LogP contribution in [0.3, 0.4) is 0 Å². The molecule has 0 aromatic heterocycles. The van der Waals surface area contributed by atoms with Crippen molar-refractivity contribution in [3.63, 3.8) is 0 Å². The van der Waals surface area contributed by atoms with E-state index in [-0.39, 0.29) is 0 Å². The summed E-state index contributed by atoms with van der Waals surface area (Å²) in [5, 5.41) is 2.10. The Balaban J connectivity index is 2.33. The molecule has 0 aliphatic carbocycles. The monoisotopic (exact) mass is 145 g/mol. The van der Waals surface area contributed by atoms with E-state index >= 15 is 0 Å². The summed E-state index contributed by atoms with van der Waals surface area (Å²) in [5.41, 5.74) is 1.26. The largest absolute Gasteiger partial charge is 0.323 e. The summed E-state index contributed by atoms with van der Waals surface area (Å²) in [7, 11) is 3.37. The third-order valence-electron chi connectivity index (χ3n) is 0.775. The maximum absolute atomic E-state index is 3.62. The van der Waals surface area contributed by atoms with E-state index in [1.807, 2.05) is 6.08 Å². The second-order valence-electron chi connectivity index (χ2n) is 1.42. The van der Waals surface area contributed by atoms with E-state index in [1.165, 1.54) is 5.70 Å². The van der Waals surface area contributed by atoms with Crippen molar-refractivity contribution in [2.75, 3.05) is 0 Å². The first-order valence-corrected chi connectivity index (χ1v) is 4.53.